The van der Waals surface area contributed by atoms with Gasteiger partial charge in [0.05, 0.1) is 18.8 Å². The molecule has 0 amide bonds. The summed E-state index contributed by atoms with van der Waals surface area (Å²) in [5.41, 5.74) is 1.76. The van der Waals surface area contributed by atoms with Crippen molar-refractivity contribution in [1.29, 1.82) is 0 Å². The molecule has 0 heterocycles. The van der Waals surface area contributed by atoms with Crippen molar-refractivity contribution in [3.63, 3.8) is 0 Å². The van der Waals surface area contributed by atoms with E-state index >= 15 is 0 Å². The molecule has 2 aromatic carbocycles. The highest BCUT2D eigenvalue weighted by molar-refractivity contribution is 6.09. The van der Waals surface area contributed by atoms with Crippen molar-refractivity contribution in [3.05, 3.63) is 71.3 Å². The molecular weight excluding hydrogens is 332 g/mol. The Balaban J connectivity index is 2.32. The molecular formula is C21H22O5. The predicted octanol–water partition coefficient (Wildman–Crippen LogP) is 3.48. The van der Waals surface area contributed by atoms with Crippen LogP contribution in [0, 0.1) is 0 Å². The number of hydrogen-bond acceptors (Lipinski definition) is 5. The first-order chi connectivity index (χ1) is 12.3. The first kappa shape index (κ1) is 19.3. The zero-order valence-electron chi connectivity index (χ0n) is 14.8. The summed E-state index contributed by atoms with van der Waals surface area (Å²) in [4.78, 5) is 12.5. The largest absolute Gasteiger partial charge is 0.508 e. The highest BCUT2D eigenvalue weighted by Crippen LogP contribution is 2.33. The van der Waals surface area contributed by atoms with Crippen LogP contribution in [0.15, 0.2) is 54.6 Å². The first-order valence-corrected chi connectivity index (χ1v) is 8.07. The van der Waals surface area contributed by atoms with E-state index in [4.69, 9.17) is 4.74 Å². The molecule has 0 fully saturated rings. The molecule has 2 rings (SSSR count). The van der Waals surface area contributed by atoms with Gasteiger partial charge < -0.3 is 20.1 Å². The molecule has 0 aliphatic rings. The van der Waals surface area contributed by atoms with Gasteiger partial charge in [-0.1, -0.05) is 30.4 Å². The quantitative estimate of drug-likeness (QED) is 0.402. The zero-order valence-corrected chi connectivity index (χ0v) is 14.8. The normalized spacial score (nSPS) is 12.1. The predicted molar refractivity (Wildman–Crippen MR) is 101 cm³/mol. The van der Waals surface area contributed by atoms with E-state index in [2.05, 4.69) is 6.58 Å². The molecule has 0 saturated heterocycles. The van der Waals surface area contributed by atoms with Crippen LogP contribution in [0.5, 0.6) is 17.2 Å². The Morgan fingerprint density at radius 2 is 1.85 bits per heavy atom. The highest BCUT2D eigenvalue weighted by Gasteiger charge is 2.19. The van der Waals surface area contributed by atoms with Gasteiger partial charge >= 0.3 is 0 Å². The Morgan fingerprint density at radius 1 is 1.19 bits per heavy atom. The third-order valence-corrected chi connectivity index (χ3v) is 4.01. The lowest BCUT2D eigenvalue weighted by atomic mass is 9.97. The summed E-state index contributed by atoms with van der Waals surface area (Å²) in [5.74, 6) is -0.0712. The Labute approximate surface area is 152 Å². The summed E-state index contributed by atoms with van der Waals surface area (Å²) >= 11 is 0. The third-order valence-electron chi connectivity index (χ3n) is 4.01. The van der Waals surface area contributed by atoms with Crippen LogP contribution < -0.4 is 4.74 Å². The number of rotatable bonds is 7. The summed E-state index contributed by atoms with van der Waals surface area (Å²) in [6, 6.07) is 9.44. The molecule has 1 atom stereocenters. The van der Waals surface area contributed by atoms with E-state index in [1.807, 2.05) is 0 Å². The number of aliphatic hydroxyl groups is 1. The van der Waals surface area contributed by atoms with E-state index in [9.17, 15) is 20.1 Å². The number of aliphatic hydroxyl groups excluding tert-OH is 1. The maximum atomic E-state index is 12.5. The van der Waals surface area contributed by atoms with Gasteiger partial charge in [0.1, 0.15) is 17.2 Å². The smallest absolute Gasteiger partial charge is 0.189 e. The summed E-state index contributed by atoms with van der Waals surface area (Å²) in [6.45, 7) is 5.38. The van der Waals surface area contributed by atoms with E-state index in [1.54, 1.807) is 31.2 Å². The Hall–Kier alpha value is -3.05. The Kier molecular flexibility index (Phi) is 6.20. The van der Waals surface area contributed by atoms with Crippen LogP contribution in [0.3, 0.4) is 0 Å². The minimum absolute atomic E-state index is 0.0904. The molecule has 0 aliphatic heterocycles. The molecule has 0 radical (unpaired) electrons. The summed E-state index contributed by atoms with van der Waals surface area (Å²) in [7, 11) is 1.46. The number of ketones is 1. The molecule has 0 aliphatic carbocycles. The SMILES string of the molecule is C=C(C)C(O)Cc1c(OC)ccc(C(=O)C=Cc2ccc(O)cc2)c1O. The van der Waals surface area contributed by atoms with Crippen molar-refractivity contribution in [3.8, 4) is 17.2 Å². The maximum absolute atomic E-state index is 12.5. The molecule has 0 aromatic heterocycles. The first-order valence-electron chi connectivity index (χ1n) is 8.07. The van der Waals surface area contributed by atoms with E-state index < -0.39 is 6.10 Å². The molecule has 5 nitrogen and oxygen atoms in total. The lowest BCUT2D eigenvalue weighted by molar-refractivity contribution is 0.104. The van der Waals surface area contributed by atoms with Gasteiger partial charge in [-0.05, 0) is 42.8 Å². The van der Waals surface area contributed by atoms with Crippen molar-refractivity contribution < 1.29 is 24.9 Å². The summed E-state index contributed by atoms with van der Waals surface area (Å²) in [6.07, 6.45) is 2.17. The second-order valence-corrected chi connectivity index (χ2v) is 6.00. The van der Waals surface area contributed by atoms with E-state index in [1.165, 1.54) is 31.4 Å². The van der Waals surface area contributed by atoms with E-state index in [0.717, 1.165) is 5.56 Å². The molecule has 5 heteroatoms. The van der Waals surface area contributed by atoms with Crippen LogP contribution in [0.25, 0.3) is 6.08 Å². The van der Waals surface area contributed by atoms with E-state index in [0.29, 0.717) is 16.9 Å². The van der Waals surface area contributed by atoms with Crippen molar-refractivity contribution in [2.45, 2.75) is 19.4 Å². The van der Waals surface area contributed by atoms with Crippen LogP contribution in [0.1, 0.15) is 28.4 Å². The fraction of sp³-hybridized carbons (Fsp3) is 0.190. The molecule has 0 spiro atoms. The van der Waals surface area contributed by atoms with Gasteiger partial charge in [-0.2, -0.15) is 0 Å². The van der Waals surface area contributed by atoms with Crippen molar-refractivity contribution in [2.75, 3.05) is 7.11 Å². The maximum Gasteiger partial charge on any atom is 0.189 e. The number of hydrogen-bond donors (Lipinski definition) is 3. The molecule has 0 saturated carbocycles. The lowest BCUT2D eigenvalue weighted by Crippen LogP contribution is -2.13. The van der Waals surface area contributed by atoms with Gasteiger partial charge in [0.15, 0.2) is 5.78 Å². The van der Waals surface area contributed by atoms with Gasteiger partial charge in [0.2, 0.25) is 0 Å². The summed E-state index contributed by atoms with van der Waals surface area (Å²) in [5, 5.41) is 29.8. The van der Waals surface area contributed by atoms with Gasteiger partial charge in [-0.15, -0.1) is 0 Å². The Morgan fingerprint density at radius 3 is 2.42 bits per heavy atom. The van der Waals surface area contributed by atoms with Gasteiger partial charge in [-0.25, -0.2) is 0 Å². The number of methoxy groups -OCH3 is 1. The van der Waals surface area contributed by atoms with Crippen molar-refractivity contribution in [2.24, 2.45) is 0 Å². The van der Waals surface area contributed by atoms with E-state index in [-0.39, 0.29) is 29.3 Å². The van der Waals surface area contributed by atoms with Gasteiger partial charge in [-0.3, -0.25) is 4.79 Å². The number of aromatic hydroxyl groups is 2. The molecule has 2 aromatic rings. The summed E-state index contributed by atoms with van der Waals surface area (Å²) < 4.78 is 5.23. The van der Waals surface area contributed by atoms with Gasteiger partial charge in [0.25, 0.3) is 0 Å². The number of phenolic OH excluding ortho intramolecular Hbond substituents is 2. The fourth-order valence-corrected chi connectivity index (χ4v) is 2.42. The third kappa shape index (κ3) is 4.52. The van der Waals surface area contributed by atoms with Gasteiger partial charge in [0, 0.05) is 12.0 Å². The zero-order chi connectivity index (χ0) is 19.3. The molecule has 1 unspecified atom stereocenters. The van der Waals surface area contributed by atoms with Crippen LogP contribution in [0.4, 0.5) is 0 Å². The van der Waals surface area contributed by atoms with Crippen LogP contribution >= 0.6 is 0 Å². The Bertz CT molecular complexity index is 834. The minimum atomic E-state index is -0.854. The van der Waals surface area contributed by atoms with Crippen molar-refractivity contribution in [1.82, 2.24) is 0 Å². The molecule has 0 bridgehead atoms. The highest BCUT2D eigenvalue weighted by atomic mass is 16.5. The molecule has 26 heavy (non-hydrogen) atoms. The molecule has 136 valence electrons. The molecule has 3 N–H and O–H groups in total. The lowest BCUT2D eigenvalue weighted by Gasteiger charge is -2.16. The van der Waals surface area contributed by atoms with Crippen LogP contribution in [-0.2, 0) is 6.42 Å². The number of benzene rings is 2. The number of ether oxygens (including phenoxy) is 1. The standard InChI is InChI=1S/C21H22O5/c1-13(2)19(24)12-17-20(26-3)11-9-16(21(17)25)18(23)10-6-14-4-7-15(22)8-5-14/h4-11,19,22,24-25H,1,12H2,2-3H3. The number of phenols is 2. The average molecular weight is 354 g/mol. The monoisotopic (exact) mass is 354 g/mol. The van der Waals surface area contributed by atoms with Crippen LogP contribution in [-0.4, -0.2) is 34.3 Å². The fourth-order valence-electron chi connectivity index (χ4n) is 2.42. The second-order valence-electron chi connectivity index (χ2n) is 6.00. The number of carbonyl (C=O) groups is 1. The van der Waals surface area contributed by atoms with Crippen LogP contribution in [0.2, 0.25) is 0 Å². The second kappa shape index (κ2) is 8.36. The topological polar surface area (TPSA) is 87.0 Å². The van der Waals surface area contributed by atoms with Crippen molar-refractivity contribution >= 4 is 11.9 Å². The number of carbonyl (C=O) groups excluding carboxylic acids is 1. The average Bonchev–Trinajstić information content (AvgIpc) is 2.62. The minimum Gasteiger partial charge on any atom is -0.508 e. The number of allylic oxidation sites excluding steroid dienone is 1.